The number of aryl methyl sites for hydroxylation is 1. The molecule has 158 valence electrons. The van der Waals surface area contributed by atoms with E-state index in [2.05, 4.69) is 4.98 Å². The first-order chi connectivity index (χ1) is 14.1. The van der Waals surface area contributed by atoms with E-state index in [-0.39, 0.29) is 27.4 Å². The largest absolute Gasteiger partial charge is 0.494 e. The van der Waals surface area contributed by atoms with Crippen molar-refractivity contribution in [2.75, 3.05) is 0 Å². The van der Waals surface area contributed by atoms with Gasteiger partial charge in [0.1, 0.15) is 11.5 Å². The van der Waals surface area contributed by atoms with E-state index in [9.17, 15) is 27.5 Å². The third-order valence-electron chi connectivity index (χ3n) is 4.93. The lowest BCUT2D eigenvalue weighted by Gasteiger charge is -2.15. The second kappa shape index (κ2) is 7.63. The van der Waals surface area contributed by atoms with Gasteiger partial charge in [0.15, 0.2) is 0 Å². The number of aromatic hydroxyl groups is 1. The number of hydrogen-bond acceptors (Lipinski definition) is 4. The van der Waals surface area contributed by atoms with E-state index in [1.807, 2.05) is 6.07 Å². The molecule has 10 heteroatoms. The molecular formula is C20H14ClF4NO3S. The molecule has 4 rings (SSSR count). The Labute approximate surface area is 176 Å². The minimum absolute atomic E-state index is 0.103. The number of rotatable bonds is 4. The molecule has 0 amide bonds. The molecule has 0 bridgehead atoms. The SMILES string of the molecule is O=c1[nH]c(O)c([C@@H]2CCc3cc(Oc4ccc(C(F)C(F)(F)F)cc4Cl)ccc32)s1. The Hall–Kier alpha value is -2.52. The fraction of sp³-hybridized carbons (Fsp3) is 0.250. The molecule has 0 radical (unpaired) electrons. The Balaban J connectivity index is 1.56. The van der Waals surface area contributed by atoms with Gasteiger partial charge in [0.05, 0.1) is 9.90 Å². The molecule has 2 N–H and O–H groups in total. The van der Waals surface area contributed by atoms with Gasteiger partial charge in [-0.2, -0.15) is 13.2 Å². The second-order valence-corrected chi connectivity index (χ2v) is 8.30. The zero-order valence-electron chi connectivity index (χ0n) is 15.1. The molecule has 1 heterocycles. The Kier molecular flexibility index (Phi) is 5.27. The van der Waals surface area contributed by atoms with Gasteiger partial charge in [0.2, 0.25) is 12.1 Å². The standard InChI is InChI=1S/C20H14ClF4NO3S/c21-14-8-10(17(22)20(23,24)25)2-6-15(14)29-11-3-5-12-9(7-11)1-4-13(12)16-18(27)26-19(28)30-16/h2-3,5-8,13,17,27H,1,4H2,(H,26,28)/t13-,17?/m1/s1. The normalized spacial score (nSPS) is 17.0. The predicted octanol–water partition coefficient (Wildman–Crippen LogP) is 6.24. The van der Waals surface area contributed by atoms with Crippen LogP contribution in [0.2, 0.25) is 5.02 Å². The highest BCUT2D eigenvalue weighted by atomic mass is 35.5. The van der Waals surface area contributed by atoms with E-state index in [1.54, 1.807) is 12.1 Å². The number of H-pyrrole nitrogens is 1. The maximum atomic E-state index is 13.5. The first-order valence-corrected chi connectivity index (χ1v) is 10.1. The third kappa shape index (κ3) is 3.91. The van der Waals surface area contributed by atoms with Crippen molar-refractivity contribution in [1.82, 2.24) is 4.98 Å². The van der Waals surface area contributed by atoms with Crippen molar-refractivity contribution < 1.29 is 27.4 Å². The molecule has 0 fully saturated rings. The summed E-state index contributed by atoms with van der Waals surface area (Å²) >= 11 is 6.96. The topological polar surface area (TPSA) is 62.3 Å². The number of halogens is 5. The Bertz CT molecular complexity index is 1160. The number of nitrogens with one attached hydrogen (secondary N) is 1. The molecule has 4 nitrogen and oxygen atoms in total. The van der Waals surface area contributed by atoms with Gasteiger partial charge in [-0.05, 0) is 53.8 Å². The maximum Gasteiger partial charge on any atom is 0.423 e. The molecule has 1 aliphatic carbocycles. The Morgan fingerprint density at radius 3 is 2.63 bits per heavy atom. The van der Waals surface area contributed by atoms with E-state index < -0.39 is 17.9 Å². The zero-order chi connectivity index (χ0) is 21.6. The summed E-state index contributed by atoms with van der Waals surface area (Å²) in [5.74, 6) is 0.290. The van der Waals surface area contributed by atoms with Crippen molar-refractivity contribution in [2.24, 2.45) is 0 Å². The van der Waals surface area contributed by atoms with Crippen LogP contribution in [-0.4, -0.2) is 16.3 Å². The van der Waals surface area contributed by atoms with Crippen molar-refractivity contribution in [2.45, 2.75) is 31.1 Å². The number of aromatic amines is 1. The number of thiazole rings is 1. The number of fused-ring (bicyclic) bond motifs is 1. The fourth-order valence-electron chi connectivity index (χ4n) is 3.57. The highest BCUT2D eigenvalue weighted by Gasteiger charge is 2.41. The highest BCUT2D eigenvalue weighted by Crippen LogP contribution is 2.44. The van der Waals surface area contributed by atoms with Gasteiger partial charge >= 0.3 is 11.0 Å². The maximum absolute atomic E-state index is 13.5. The highest BCUT2D eigenvalue weighted by molar-refractivity contribution is 7.09. The lowest BCUT2D eigenvalue weighted by Crippen LogP contribution is -2.16. The van der Waals surface area contributed by atoms with E-state index in [0.717, 1.165) is 34.6 Å². The van der Waals surface area contributed by atoms with Crippen LogP contribution in [0.25, 0.3) is 0 Å². The minimum atomic E-state index is -5.01. The van der Waals surface area contributed by atoms with Crippen LogP contribution in [0.3, 0.4) is 0 Å². The van der Waals surface area contributed by atoms with Crippen LogP contribution in [0.15, 0.2) is 41.2 Å². The first kappa shape index (κ1) is 20.7. The summed E-state index contributed by atoms with van der Waals surface area (Å²) in [5.41, 5.74) is 1.33. The number of hydrogen-bond donors (Lipinski definition) is 2. The molecule has 1 aliphatic rings. The molecule has 2 aromatic carbocycles. The first-order valence-electron chi connectivity index (χ1n) is 8.86. The minimum Gasteiger partial charge on any atom is -0.494 e. The smallest absolute Gasteiger partial charge is 0.423 e. The molecule has 0 aliphatic heterocycles. The van der Waals surface area contributed by atoms with Crippen molar-refractivity contribution in [3.63, 3.8) is 0 Å². The van der Waals surface area contributed by atoms with Crippen LogP contribution in [0.5, 0.6) is 17.4 Å². The predicted molar refractivity (Wildman–Crippen MR) is 105 cm³/mol. The van der Waals surface area contributed by atoms with E-state index in [1.165, 1.54) is 6.07 Å². The summed E-state index contributed by atoms with van der Waals surface area (Å²) in [6.45, 7) is 0. The monoisotopic (exact) mass is 459 g/mol. The van der Waals surface area contributed by atoms with Crippen molar-refractivity contribution in [1.29, 1.82) is 0 Å². The number of alkyl halides is 4. The molecule has 1 aromatic heterocycles. The molecular weight excluding hydrogens is 446 g/mol. The molecule has 0 saturated heterocycles. The quantitative estimate of drug-likeness (QED) is 0.454. The van der Waals surface area contributed by atoms with Crippen LogP contribution in [-0.2, 0) is 6.42 Å². The summed E-state index contributed by atoms with van der Waals surface area (Å²) in [6.07, 6.45) is -6.72. The fourth-order valence-corrected chi connectivity index (χ4v) is 4.68. The lowest BCUT2D eigenvalue weighted by atomic mass is 10.00. The van der Waals surface area contributed by atoms with E-state index >= 15 is 0 Å². The lowest BCUT2D eigenvalue weighted by molar-refractivity contribution is -0.182. The van der Waals surface area contributed by atoms with Crippen LogP contribution < -0.4 is 9.61 Å². The van der Waals surface area contributed by atoms with Gasteiger partial charge in [0, 0.05) is 5.92 Å². The average molecular weight is 460 g/mol. The zero-order valence-corrected chi connectivity index (χ0v) is 16.7. The summed E-state index contributed by atoms with van der Waals surface area (Å²) in [6, 6.07) is 8.34. The number of aromatic nitrogens is 1. The van der Waals surface area contributed by atoms with Crippen LogP contribution in [0.1, 0.15) is 40.1 Å². The van der Waals surface area contributed by atoms with Crippen molar-refractivity contribution in [3.8, 4) is 17.4 Å². The average Bonchev–Trinajstić information content (AvgIpc) is 3.23. The van der Waals surface area contributed by atoms with Crippen LogP contribution in [0, 0.1) is 0 Å². The summed E-state index contributed by atoms with van der Waals surface area (Å²) in [5, 5.41) is 9.79. The van der Waals surface area contributed by atoms with Gasteiger partial charge in [-0.1, -0.05) is 35.1 Å². The molecule has 0 spiro atoms. The van der Waals surface area contributed by atoms with Gasteiger partial charge in [-0.25, -0.2) is 4.39 Å². The number of ether oxygens (including phenoxy) is 1. The van der Waals surface area contributed by atoms with Gasteiger partial charge < -0.3 is 9.84 Å². The Morgan fingerprint density at radius 2 is 2.00 bits per heavy atom. The van der Waals surface area contributed by atoms with Crippen molar-refractivity contribution in [3.05, 3.63) is 72.7 Å². The second-order valence-electron chi connectivity index (χ2n) is 6.88. The summed E-state index contributed by atoms with van der Waals surface area (Å²) in [7, 11) is 0. The Morgan fingerprint density at radius 1 is 1.23 bits per heavy atom. The molecule has 2 atom stereocenters. The van der Waals surface area contributed by atoms with Gasteiger partial charge in [-0.15, -0.1) is 0 Å². The van der Waals surface area contributed by atoms with E-state index in [4.69, 9.17) is 16.3 Å². The molecule has 0 saturated carbocycles. The summed E-state index contributed by atoms with van der Waals surface area (Å²) < 4.78 is 56.8. The number of benzene rings is 2. The van der Waals surface area contributed by atoms with Crippen LogP contribution >= 0.6 is 22.9 Å². The summed E-state index contributed by atoms with van der Waals surface area (Å²) in [4.78, 5) is 14.1. The third-order valence-corrected chi connectivity index (χ3v) is 6.21. The molecule has 1 unspecified atom stereocenters. The molecule has 30 heavy (non-hydrogen) atoms. The van der Waals surface area contributed by atoms with E-state index in [0.29, 0.717) is 23.5 Å². The van der Waals surface area contributed by atoms with Gasteiger partial charge in [0.25, 0.3) is 0 Å². The van der Waals surface area contributed by atoms with Crippen LogP contribution in [0.4, 0.5) is 17.6 Å². The van der Waals surface area contributed by atoms with Crippen molar-refractivity contribution >= 4 is 22.9 Å². The van der Waals surface area contributed by atoms with Gasteiger partial charge in [-0.3, -0.25) is 9.78 Å². The molecule has 3 aromatic rings.